The Kier molecular flexibility index (Phi) is 2.49. The molecule has 0 amide bonds. The highest BCUT2D eigenvalue weighted by Gasteiger charge is 2.36. The second-order valence-electron chi connectivity index (χ2n) is 3.46. The van der Waals surface area contributed by atoms with Crippen molar-refractivity contribution in [1.82, 2.24) is 0 Å². The molecule has 1 nitrogen and oxygen atoms in total. The summed E-state index contributed by atoms with van der Waals surface area (Å²) in [7, 11) is 0. The van der Waals surface area contributed by atoms with E-state index in [-0.39, 0.29) is 5.56 Å². The fourth-order valence-electron chi connectivity index (χ4n) is 1.62. The minimum absolute atomic E-state index is 0.0856. The SMILES string of the molecule is OC1(c2cc(F)ccc2F)CCSC1. The van der Waals surface area contributed by atoms with Crippen molar-refractivity contribution in [2.75, 3.05) is 11.5 Å². The molecule has 1 saturated heterocycles. The zero-order chi connectivity index (χ0) is 10.2. The van der Waals surface area contributed by atoms with Crippen LogP contribution in [0.1, 0.15) is 12.0 Å². The van der Waals surface area contributed by atoms with Crippen LogP contribution in [0, 0.1) is 11.6 Å². The second-order valence-corrected chi connectivity index (χ2v) is 4.56. The van der Waals surface area contributed by atoms with Gasteiger partial charge in [-0.15, -0.1) is 0 Å². The van der Waals surface area contributed by atoms with Crippen LogP contribution in [0.5, 0.6) is 0 Å². The van der Waals surface area contributed by atoms with Crippen LogP contribution in [-0.4, -0.2) is 16.6 Å². The lowest BCUT2D eigenvalue weighted by atomic mass is 9.93. The molecule has 0 aliphatic carbocycles. The van der Waals surface area contributed by atoms with Crippen molar-refractivity contribution in [1.29, 1.82) is 0 Å². The largest absolute Gasteiger partial charge is 0.384 e. The molecule has 4 heteroatoms. The average molecular weight is 216 g/mol. The highest BCUT2D eigenvalue weighted by Crippen LogP contribution is 2.37. The molecule has 1 aromatic rings. The Morgan fingerprint density at radius 1 is 1.36 bits per heavy atom. The van der Waals surface area contributed by atoms with Crippen LogP contribution in [0.25, 0.3) is 0 Å². The van der Waals surface area contributed by atoms with Gasteiger partial charge in [-0.05, 0) is 30.4 Å². The molecule has 1 aromatic carbocycles. The van der Waals surface area contributed by atoms with Crippen molar-refractivity contribution >= 4 is 11.8 Å². The van der Waals surface area contributed by atoms with E-state index in [2.05, 4.69) is 0 Å². The summed E-state index contributed by atoms with van der Waals surface area (Å²) in [5, 5.41) is 10.0. The van der Waals surface area contributed by atoms with E-state index >= 15 is 0 Å². The van der Waals surface area contributed by atoms with Crippen LogP contribution >= 0.6 is 11.8 Å². The lowest BCUT2D eigenvalue weighted by Crippen LogP contribution is -2.26. The third-order valence-corrected chi connectivity index (χ3v) is 3.61. The van der Waals surface area contributed by atoms with E-state index < -0.39 is 17.2 Å². The summed E-state index contributed by atoms with van der Waals surface area (Å²) in [6.45, 7) is 0. The lowest BCUT2D eigenvalue weighted by molar-refractivity contribution is 0.0615. The zero-order valence-corrected chi connectivity index (χ0v) is 8.28. The average Bonchev–Trinajstić information content (AvgIpc) is 2.58. The summed E-state index contributed by atoms with van der Waals surface area (Å²) in [5.41, 5.74) is -1.10. The van der Waals surface area contributed by atoms with E-state index in [4.69, 9.17) is 0 Å². The molecule has 0 spiro atoms. The van der Waals surface area contributed by atoms with E-state index in [0.29, 0.717) is 12.2 Å². The van der Waals surface area contributed by atoms with Gasteiger partial charge in [0.15, 0.2) is 0 Å². The molecule has 1 aliphatic heterocycles. The molecule has 1 unspecified atom stereocenters. The molecule has 0 saturated carbocycles. The van der Waals surface area contributed by atoms with Gasteiger partial charge in [-0.1, -0.05) is 0 Å². The van der Waals surface area contributed by atoms with Gasteiger partial charge in [0.1, 0.15) is 17.2 Å². The maximum atomic E-state index is 13.3. The first kappa shape index (κ1) is 9.93. The van der Waals surface area contributed by atoms with Crippen molar-refractivity contribution in [3.05, 3.63) is 35.4 Å². The molecule has 76 valence electrons. The first-order valence-electron chi connectivity index (χ1n) is 4.37. The Balaban J connectivity index is 2.44. The molecule has 1 heterocycles. The van der Waals surface area contributed by atoms with Gasteiger partial charge >= 0.3 is 0 Å². The summed E-state index contributed by atoms with van der Waals surface area (Å²) in [4.78, 5) is 0. The normalized spacial score (nSPS) is 26.8. The van der Waals surface area contributed by atoms with Crippen LogP contribution in [0.3, 0.4) is 0 Å². The fraction of sp³-hybridized carbons (Fsp3) is 0.400. The second kappa shape index (κ2) is 3.51. The summed E-state index contributed by atoms with van der Waals surface area (Å²) in [6.07, 6.45) is 0.484. The van der Waals surface area contributed by atoms with Gasteiger partial charge in [-0.25, -0.2) is 8.78 Å². The van der Waals surface area contributed by atoms with Crippen LogP contribution in [0.2, 0.25) is 0 Å². The number of hydrogen-bond acceptors (Lipinski definition) is 2. The van der Waals surface area contributed by atoms with Gasteiger partial charge in [0.05, 0.1) is 0 Å². The third-order valence-electron chi connectivity index (χ3n) is 2.43. The number of halogens is 2. The lowest BCUT2D eigenvalue weighted by Gasteiger charge is -2.22. The predicted octanol–water partition coefficient (Wildman–Crippen LogP) is 2.29. The molecular weight excluding hydrogens is 206 g/mol. The Hall–Kier alpha value is -0.610. The smallest absolute Gasteiger partial charge is 0.129 e. The van der Waals surface area contributed by atoms with Gasteiger partial charge in [0.25, 0.3) is 0 Å². The van der Waals surface area contributed by atoms with Crippen molar-refractivity contribution < 1.29 is 13.9 Å². The molecule has 14 heavy (non-hydrogen) atoms. The molecular formula is C10H10F2OS. The Morgan fingerprint density at radius 2 is 2.14 bits per heavy atom. The minimum Gasteiger partial charge on any atom is -0.384 e. The van der Waals surface area contributed by atoms with Crippen LogP contribution in [-0.2, 0) is 5.60 Å². The summed E-state index contributed by atoms with van der Waals surface area (Å²) >= 11 is 1.55. The molecule has 0 aromatic heterocycles. The molecule has 0 bridgehead atoms. The van der Waals surface area contributed by atoms with E-state index in [1.165, 1.54) is 0 Å². The Labute approximate surface area is 85.1 Å². The van der Waals surface area contributed by atoms with E-state index in [9.17, 15) is 13.9 Å². The van der Waals surface area contributed by atoms with Crippen molar-refractivity contribution in [3.8, 4) is 0 Å². The molecule has 1 N–H and O–H groups in total. The standard InChI is InChI=1S/C10H10F2OS/c11-7-1-2-9(12)8(5-7)10(13)3-4-14-6-10/h1-2,5,13H,3-4,6H2. The number of rotatable bonds is 1. The third kappa shape index (κ3) is 1.64. The summed E-state index contributed by atoms with van der Waals surface area (Å²) in [5.74, 6) is 0.183. The molecule has 2 rings (SSSR count). The highest BCUT2D eigenvalue weighted by atomic mass is 32.2. The molecule has 0 radical (unpaired) electrons. The monoisotopic (exact) mass is 216 g/mol. The molecule has 1 aliphatic rings. The van der Waals surface area contributed by atoms with E-state index in [1.54, 1.807) is 11.8 Å². The Morgan fingerprint density at radius 3 is 2.79 bits per heavy atom. The van der Waals surface area contributed by atoms with Crippen molar-refractivity contribution in [3.63, 3.8) is 0 Å². The van der Waals surface area contributed by atoms with Crippen molar-refractivity contribution in [2.45, 2.75) is 12.0 Å². The van der Waals surface area contributed by atoms with E-state index in [1.807, 2.05) is 0 Å². The van der Waals surface area contributed by atoms with Gasteiger partial charge in [0.2, 0.25) is 0 Å². The first-order chi connectivity index (χ1) is 6.62. The van der Waals surface area contributed by atoms with E-state index in [0.717, 1.165) is 24.0 Å². The van der Waals surface area contributed by atoms with Gasteiger partial charge in [-0.3, -0.25) is 0 Å². The highest BCUT2D eigenvalue weighted by molar-refractivity contribution is 7.99. The summed E-state index contributed by atoms with van der Waals surface area (Å²) in [6, 6.07) is 3.21. The minimum atomic E-state index is -1.18. The van der Waals surface area contributed by atoms with Crippen LogP contribution in [0.15, 0.2) is 18.2 Å². The summed E-state index contributed by atoms with van der Waals surface area (Å²) < 4.78 is 26.2. The maximum Gasteiger partial charge on any atom is 0.129 e. The maximum absolute atomic E-state index is 13.3. The predicted molar refractivity (Wildman–Crippen MR) is 52.2 cm³/mol. The van der Waals surface area contributed by atoms with Gasteiger partial charge < -0.3 is 5.11 Å². The van der Waals surface area contributed by atoms with Crippen LogP contribution < -0.4 is 0 Å². The number of benzene rings is 1. The molecule has 1 atom stereocenters. The Bertz CT molecular complexity index is 348. The fourth-order valence-corrected chi connectivity index (χ4v) is 2.88. The topological polar surface area (TPSA) is 20.2 Å². The zero-order valence-electron chi connectivity index (χ0n) is 7.46. The first-order valence-corrected chi connectivity index (χ1v) is 5.53. The number of hydrogen-bond donors (Lipinski definition) is 1. The van der Waals surface area contributed by atoms with Crippen LogP contribution in [0.4, 0.5) is 8.78 Å². The quantitative estimate of drug-likeness (QED) is 0.777. The number of thioether (sulfide) groups is 1. The van der Waals surface area contributed by atoms with Gasteiger partial charge in [-0.2, -0.15) is 11.8 Å². The van der Waals surface area contributed by atoms with Gasteiger partial charge in [0, 0.05) is 11.3 Å². The van der Waals surface area contributed by atoms with Crippen molar-refractivity contribution in [2.24, 2.45) is 0 Å². The molecule has 1 fully saturated rings. The number of aliphatic hydroxyl groups is 1.